The monoisotopic (exact) mass is 246 g/mol. The van der Waals surface area contributed by atoms with E-state index in [9.17, 15) is 0 Å². The van der Waals surface area contributed by atoms with E-state index in [0.29, 0.717) is 0 Å². The third kappa shape index (κ3) is 8.55. The van der Waals surface area contributed by atoms with Crippen molar-refractivity contribution in [3.8, 4) is 0 Å². The van der Waals surface area contributed by atoms with Crippen LogP contribution in [0.5, 0.6) is 0 Å². The predicted molar refractivity (Wildman–Crippen MR) is 72.6 cm³/mol. The molecule has 0 atom stereocenters. The van der Waals surface area contributed by atoms with Gasteiger partial charge in [-0.05, 0) is 6.92 Å². The molecule has 0 aromatic carbocycles. The molecule has 0 spiro atoms. The molecule has 0 saturated carbocycles. The zero-order valence-electron chi connectivity index (χ0n) is 12.1. The van der Waals surface area contributed by atoms with Gasteiger partial charge in [0.2, 0.25) is 0 Å². The lowest BCUT2D eigenvalue weighted by atomic mass is 10.3. The molecule has 1 heterocycles. The van der Waals surface area contributed by atoms with Crippen molar-refractivity contribution >= 4 is 0 Å². The van der Waals surface area contributed by atoms with Crippen molar-refractivity contribution in [2.75, 3.05) is 66.2 Å². The van der Waals surface area contributed by atoms with E-state index in [1.54, 1.807) is 7.11 Å². The molecule has 0 bridgehead atoms. The summed E-state index contributed by atoms with van der Waals surface area (Å²) in [6.45, 7) is 15.4. The molecule has 1 rings (SSSR count). The average molecular weight is 246 g/mol. The molecule has 0 aromatic heterocycles. The van der Waals surface area contributed by atoms with Gasteiger partial charge < -0.3 is 9.47 Å². The van der Waals surface area contributed by atoms with E-state index in [1.807, 2.05) is 20.8 Å². The van der Waals surface area contributed by atoms with Gasteiger partial charge in [0, 0.05) is 53.0 Å². The Labute approximate surface area is 107 Å². The summed E-state index contributed by atoms with van der Waals surface area (Å²) < 4.78 is 10.4. The smallest absolute Gasteiger partial charge is 0.0593 e. The van der Waals surface area contributed by atoms with Crippen LogP contribution in [0.15, 0.2) is 0 Å². The molecule has 1 saturated heterocycles. The molecule has 0 aromatic rings. The van der Waals surface area contributed by atoms with Crippen LogP contribution >= 0.6 is 0 Å². The van der Waals surface area contributed by atoms with E-state index >= 15 is 0 Å². The van der Waals surface area contributed by atoms with Gasteiger partial charge in [0.15, 0.2) is 0 Å². The normalized spacial score (nSPS) is 17.6. The predicted octanol–water partition coefficient (Wildman–Crippen LogP) is 1.31. The van der Waals surface area contributed by atoms with Crippen molar-refractivity contribution in [3.05, 3.63) is 0 Å². The number of ether oxygens (including phenoxy) is 2. The van der Waals surface area contributed by atoms with Gasteiger partial charge in [-0.3, -0.25) is 9.80 Å². The highest BCUT2D eigenvalue weighted by Gasteiger charge is 2.15. The molecule has 4 heteroatoms. The fraction of sp³-hybridized carbons (Fsp3) is 1.00. The molecule has 0 N–H and O–H groups in total. The Morgan fingerprint density at radius 1 is 0.882 bits per heavy atom. The minimum Gasteiger partial charge on any atom is -0.383 e. The number of nitrogens with zero attached hydrogens (tertiary/aromatic N) is 2. The SMILES string of the molecule is CC.CCOCCN1CCN(CCOC)CC1. The van der Waals surface area contributed by atoms with Crippen LogP contribution in [0.2, 0.25) is 0 Å². The molecule has 0 radical (unpaired) electrons. The van der Waals surface area contributed by atoms with Crippen LogP contribution in [0.25, 0.3) is 0 Å². The van der Waals surface area contributed by atoms with Crippen molar-refractivity contribution in [2.45, 2.75) is 20.8 Å². The summed E-state index contributed by atoms with van der Waals surface area (Å²) in [5, 5.41) is 0. The molecule has 1 aliphatic rings. The van der Waals surface area contributed by atoms with Crippen molar-refractivity contribution in [2.24, 2.45) is 0 Å². The summed E-state index contributed by atoms with van der Waals surface area (Å²) in [5.41, 5.74) is 0. The van der Waals surface area contributed by atoms with Crippen LogP contribution in [-0.4, -0.2) is 76.0 Å². The Hall–Kier alpha value is -0.160. The quantitative estimate of drug-likeness (QED) is 0.632. The molecule has 4 nitrogen and oxygen atoms in total. The highest BCUT2D eigenvalue weighted by atomic mass is 16.5. The van der Waals surface area contributed by atoms with Crippen LogP contribution < -0.4 is 0 Å². The first-order valence-corrected chi connectivity index (χ1v) is 6.88. The Morgan fingerprint density at radius 3 is 1.76 bits per heavy atom. The van der Waals surface area contributed by atoms with Crippen molar-refractivity contribution < 1.29 is 9.47 Å². The Balaban J connectivity index is 0.00000121. The topological polar surface area (TPSA) is 24.9 Å². The van der Waals surface area contributed by atoms with Crippen LogP contribution in [-0.2, 0) is 9.47 Å². The van der Waals surface area contributed by atoms with E-state index in [-0.39, 0.29) is 0 Å². The lowest BCUT2D eigenvalue weighted by Gasteiger charge is -2.34. The van der Waals surface area contributed by atoms with E-state index in [4.69, 9.17) is 9.47 Å². The van der Waals surface area contributed by atoms with Gasteiger partial charge in [-0.25, -0.2) is 0 Å². The number of rotatable bonds is 7. The van der Waals surface area contributed by atoms with Gasteiger partial charge in [0.05, 0.1) is 13.2 Å². The second-order valence-electron chi connectivity index (χ2n) is 3.87. The number of methoxy groups -OCH3 is 1. The van der Waals surface area contributed by atoms with Gasteiger partial charge in [0.25, 0.3) is 0 Å². The molecule has 0 amide bonds. The second kappa shape index (κ2) is 12.3. The molecule has 17 heavy (non-hydrogen) atoms. The molecule has 0 aliphatic carbocycles. The van der Waals surface area contributed by atoms with Gasteiger partial charge >= 0.3 is 0 Å². The highest BCUT2D eigenvalue weighted by molar-refractivity contribution is 4.71. The molecule has 1 aliphatic heterocycles. The first-order valence-electron chi connectivity index (χ1n) is 6.88. The van der Waals surface area contributed by atoms with E-state index in [0.717, 1.165) is 59.1 Å². The number of piperazine rings is 1. The van der Waals surface area contributed by atoms with Crippen LogP contribution in [0.1, 0.15) is 20.8 Å². The maximum absolute atomic E-state index is 5.35. The third-order valence-electron chi connectivity index (χ3n) is 2.83. The Bertz CT molecular complexity index is 148. The third-order valence-corrected chi connectivity index (χ3v) is 2.83. The molecular formula is C13H30N2O2. The highest BCUT2D eigenvalue weighted by Crippen LogP contribution is 2.00. The zero-order valence-corrected chi connectivity index (χ0v) is 12.1. The van der Waals surface area contributed by atoms with Crippen LogP contribution in [0, 0.1) is 0 Å². The lowest BCUT2D eigenvalue weighted by molar-refractivity contribution is 0.0689. The standard InChI is InChI=1S/C11H24N2O2.C2H6/c1-3-15-11-9-13-6-4-12(5-7-13)8-10-14-2;1-2/h3-11H2,1-2H3;1-2H3. The van der Waals surface area contributed by atoms with E-state index in [1.165, 1.54) is 0 Å². The fourth-order valence-electron chi connectivity index (χ4n) is 1.79. The number of hydrogen-bond donors (Lipinski definition) is 0. The molecule has 104 valence electrons. The summed E-state index contributed by atoms with van der Waals surface area (Å²) >= 11 is 0. The van der Waals surface area contributed by atoms with Gasteiger partial charge in [0.1, 0.15) is 0 Å². The minimum atomic E-state index is 0.827. The molecule has 1 fully saturated rings. The Morgan fingerprint density at radius 2 is 1.35 bits per heavy atom. The molecule has 0 unspecified atom stereocenters. The summed E-state index contributed by atoms with van der Waals surface area (Å²) in [5.74, 6) is 0. The minimum absolute atomic E-state index is 0.827. The summed E-state index contributed by atoms with van der Waals surface area (Å²) in [4.78, 5) is 4.93. The number of hydrogen-bond acceptors (Lipinski definition) is 4. The second-order valence-corrected chi connectivity index (χ2v) is 3.87. The molecular weight excluding hydrogens is 216 g/mol. The van der Waals surface area contributed by atoms with Crippen LogP contribution in [0.3, 0.4) is 0 Å². The van der Waals surface area contributed by atoms with Crippen molar-refractivity contribution in [1.29, 1.82) is 0 Å². The Kier molecular flexibility index (Phi) is 12.2. The van der Waals surface area contributed by atoms with Crippen LogP contribution in [0.4, 0.5) is 0 Å². The summed E-state index contributed by atoms with van der Waals surface area (Å²) in [7, 11) is 1.76. The van der Waals surface area contributed by atoms with Crippen molar-refractivity contribution in [1.82, 2.24) is 9.80 Å². The zero-order chi connectivity index (χ0) is 12.9. The first-order chi connectivity index (χ1) is 8.36. The largest absolute Gasteiger partial charge is 0.383 e. The van der Waals surface area contributed by atoms with E-state index < -0.39 is 0 Å². The maximum atomic E-state index is 5.35. The van der Waals surface area contributed by atoms with Crippen molar-refractivity contribution in [3.63, 3.8) is 0 Å². The van der Waals surface area contributed by atoms with Gasteiger partial charge in [-0.1, -0.05) is 13.8 Å². The van der Waals surface area contributed by atoms with E-state index in [2.05, 4.69) is 9.80 Å². The maximum Gasteiger partial charge on any atom is 0.0593 e. The fourth-order valence-corrected chi connectivity index (χ4v) is 1.79. The van der Waals surface area contributed by atoms with Gasteiger partial charge in [-0.15, -0.1) is 0 Å². The van der Waals surface area contributed by atoms with Gasteiger partial charge in [-0.2, -0.15) is 0 Å². The first kappa shape index (κ1) is 16.8. The summed E-state index contributed by atoms with van der Waals surface area (Å²) in [6.07, 6.45) is 0. The average Bonchev–Trinajstić information content (AvgIpc) is 2.40. The summed E-state index contributed by atoms with van der Waals surface area (Å²) in [6, 6.07) is 0. The lowest BCUT2D eigenvalue weighted by Crippen LogP contribution is -2.48.